The molecule has 18 heavy (non-hydrogen) atoms. The zero-order chi connectivity index (χ0) is 13.1. The Morgan fingerprint density at radius 3 is 2.83 bits per heavy atom. The molecule has 1 aromatic rings. The van der Waals surface area contributed by atoms with Crippen molar-refractivity contribution in [3.63, 3.8) is 0 Å². The van der Waals surface area contributed by atoms with Gasteiger partial charge in [-0.05, 0) is 38.7 Å². The lowest BCUT2D eigenvalue weighted by atomic mass is 9.85. The van der Waals surface area contributed by atoms with Crippen LogP contribution in [0.15, 0.2) is 12.3 Å². The van der Waals surface area contributed by atoms with Gasteiger partial charge in [0, 0.05) is 13.1 Å². The van der Waals surface area contributed by atoms with Crippen LogP contribution in [0.1, 0.15) is 42.2 Å². The van der Waals surface area contributed by atoms with Crippen molar-refractivity contribution in [1.82, 2.24) is 9.88 Å². The van der Waals surface area contributed by atoms with E-state index in [-0.39, 0.29) is 5.91 Å². The molecule has 1 heterocycles. The highest BCUT2D eigenvalue weighted by Crippen LogP contribution is 2.27. The number of nitrogens with two attached hydrogens (primary N) is 1. The standard InChI is InChI=1S/C14H21N3O/c1-3-17(9-11-5-4-6-11)14(18)13-7-12(15)8-16-10(13)2/h7-8,11H,3-6,9,15H2,1-2H3. The Labute approximate surface area is 108 Å². The number of hydrogen-bond acceptors (Lipinski definition) is 3. The van der Waals surface area contributed by atoms with Gasteiger partial charge in [0.05, 0.1) is 23.1 Å². The van der Waals surface area contributed by atoms with Crippen molar-refractivity contribution >= 4 is 11.6 Å². The summed E-state index contributed by atoms with van der Waals surface area (Å²) in [5.74, 6) is 0.741. The Hall–Kier alpha value is -1.58. The minimum absolute atomic E-state index is 0.0571. The molecule has 0 atom stereocenters. The largest absolute Gasteiger partial charge is 0.397 e. The minimum Gasteiger partial charge on any atom is -0.397 e. The van der Waals surface area contributed by atoms with E-state index >= 15 is 0 Å². The van der Waals surface area contributed by atoms with Crippen molar-refractivity contribution in [2.24, 2.45) is 5.92 Å². The predicted molar refractivity (Wildman–Crippen MR) is 72.3 cm³/mol. The Balaban J connectivity index is 2.14. The highest BCUT2D eigenvalue weighted by atomic mass is 16.2. The molecule has 0 aliphatic heterocycles. The molecule has 0 radical (unpaired) electrons. The molecule has 1 fully saturated rings. The molecule has 1 aliphatic carbocycles. The average molecular weight is 247 g/mol. The van der Waals surface area contributed by atoms with Crippen molar-refractivity contribution in [2.45, 2.75) is 33.1 Å². The number of aryl methyl sites for hydroxylation is 1. The zero-order valence-corrected chi connectivity index (χ0v) is 11.1. The van der Waals surface area contributed by atoms with Crippen LogP contribution in [0, 0.1) is 12.8 Å². The van der Waals surface area contributed by atoms with Gasteiger partial charge >= 0.3 is 0 Å². The van der Waals surface area contributed by atoms with Gasteiger partial charge in [0.15, 0.2) is 0 Å². The van der Waals surface area contributed by atoms with Gasteiger partial charge in [0.1, 0.15) is 0 Å². The van der Waals surface area contributed by atoms with Crippen molar-refractivity contribution < 1.29 is 4.79 Å². The molecular formula is C14H21N3O. The maximum atomic E-state index is 12.5. The molecule has 4 heteroatoms. The maximum Gasteiger partial charge on any atom is 0.255 e. The number of aromatic nitrogens is 1. The van der Waals surface area contributed by atoms with E-state index < -0.39 is 0 Å². The third-order valence-corrected chi connectivity index (χ3v) is 3.71. The second kappa shape index (κ2) is 5.38. The van der Waals surface area contributed by atoms with Gasteiger partial charge in [-0.15, -0.1) is 0 Å². The van der Waals surface area contributed by atoms with Gasteiger partial charge in [-0.3, -0.25) is 9.78 Å². The van der Waals surface area contributed by atoms with Gasteiger partial charge in [-0.1, -0.05) is 6.42 Å². The molecule has 4 nitrogen and oxygen atoms in total. The number of amides is 1. The summed E-state index contributed by atoms with van der Waals surface area (Å²) in [5.41, 5.74) is 7.64. The van der Waals surface area contributed by atoms with E-state index in [0.717, 1.165) is 18.8 Å². The third-order valence-electron chi connectivity index (χ3n) is 3.71. The van der Waals surface area contributed by atoms with Gasteiger partial charge in [0.25, 0.3) is 5.91 Å². The van der Waals surface area contributed by atoms with E-state index in [1.165, 1.54) is 19.3 Å². The number of carbonyl (C=O) groups is 1. The Kier molecular flexibility index (Phi) is 3.84. The van der Waals surface area contributed by atoms with Crippen LogP contribution in [0.4, 0.5) is 5.69 Å². The molecular weight excluding hydrogens is 226 g/mol. The number of nitrogen functional groups attached to an aromatic ring is 1. The van der Waals surface area contributed by atoms with Crippen LogP contribution in [0.25, 0.3) is 0 Å². The third kappa shape index (κ3) is 2.63. The first-order valence-electron chi connectivity index (χ1n) is 6.63. The molecule has 98 valence electrons. The quantitative estimate of drug-likeness (QED) is 0.887. The van der Waals surface area contributed by atoms with E-state index in [1.54, 1.807) is 12.3 Å². The summed E-state index contributed by atoms with van der Waals surface area (Å²) < 4.78 is 0. The Morgan fingerprint density at radius 1 is 1.56 bits per heavy atom. The van der Waals surface area contributed by atoms with Gasteiger partial charge < -0.3 is 10.6 Å². The molecule has 0 spiro atoms. The van der Waals surface area contributed by atoms with Gasteiger partial charge in [-0.25, -0.2) is 0 Å². The molecule has 1 aromatic heterocycles. The van der Waals surface area contributed by atoms with Crippen LogP contribution in [0.5, 0.6) is 0 Å². The number of pyridine rings is 1. The molecule has 1 amide bonds. The molecule has 0 bridgehead atoms. The summed E-state index contributed by atoms with van der Waals surface area (Å²) in [5, 5.41) is 0. The smallest absolute Gasteiger partial charge is 0.255 e. The fourth-order valence-corrected chi connectivity index (χ4v) is 2.28. The monoisotopic (exact) mass is 247 g/mol. The summed E-state index contributed by atoms with van der Waals surface area (Å²) in [6.45, 7) is 5.47. The first-order chi connectivity index (χ1) is 8.61. The van der Waals surface area contributed by atoms with Crippen LogP contribution >= 0.6 is 0 Å². The predicted octanol–water partition coefficient (Wildman–Crippen LogP) is 2.23. The average Bonchev–Trinajstić information content (AvgIpc) is 2.30. The number of rotatable bonds is 4. The zero-order valence-electron chi connectivity index (χ0n) is 11.1. The summed E-state index contributed by atoms with van der Waals surface area (Å²) in [4.78, 5) is 18.5. The van der Waals surface area contributed by atoms with Gasteiger partial charge in [0.2, 0.25) is 0 Å². The van der Waals surface area contributed by atoms with E-state index in [1.807, 2.05) is 18.7 Å². The lowest BCUT2D eigenvalue weighted by Gasteiger charge is -2.32. The fraction of sp³-hybridized carbons (Fsp3) is 0.571. The highest BCUT2D eigenvalue weighted by molar-refractivity contribution is 5.96. The number of carbonyl (C=O) groups excluding carboxylic acids is 1. The number of anilines is 1. The molecule has 0 unspecified atom stereocenters. The molecule has 1 aliphatic rings. The maximum absolute atomic E-state index is 12.5. The van der Waals surface area contributed by atoms with E-state index in [0.29, 0.717) is 17.2 Å². The molecule has 0 saturated heterocycles. The normalized spacial score (nSPS) is 15.2. The summed E-state index contributed by atoms with van der Waals surface area (Å²) in [6, 6.07) is 1.73. The first-order valence-corrected chi connectivity index (χ1v) is 6.63. The van der Waals surface area contributed by atoms with Crippen molar-refractivity contribution in [3.8, 4) is 0 Å². The molecule has 2 rings (SSSR count). The van der Waals surface area contributed by atoms with Crippen molar-refractivity contribution in [1.29, 1.82) is 0 Å². The minimum atomic E-state index is 0.0571. The van der Waals surface area contributed by atoms with Crippen LogP contribution < -0.4 is 5.73 Å². The van der Waals surface area contributed by atoms with Crippen LogP contribution in [-0.2, 0) is 0 Å². The molecule has 2 N–H and O–H groups in total. The summed E-state index contributed by atoms with van der Waals surface area (Å²) in [6.07, 6.45) is 5.39. The summed E-state index contributed by atoms with van der Waals surface area (Å²) in [7, 11) is 0. The molecule has 1 saturated carbocycles. The lowest BCUT2D eigenvalue weighted by Crippen LogP contribution is -2.37. The first kappa shape index (κ1) is 12.9. The van der Waals surface area contributed by atoms with Crippen molar-refractivity contribution in [2.75, 3.05) is 18.8 Å². The van der Waals surface area contributed by atoms with Gasteiger partial charge in [-0.2, -0.15) is 0 Å². The van der Waals surface area contributed by atoms with E-state index in [9.17, 15) is 4.79 Å². The highest BCUT2D eigenvalue weighted by Gasteiger charge is 2.24. The lowest BCUT2D eigenvalue weighted by molar-refractivity contribution is 0.0705. The topological polar surface area (TPSA) is 59.2 Å². The number of hydrogen-bond donors (Lipinski definition) is 1. The Bertz CT molecular complexity index is 441. The molecule has 0 aromatic carbocycles. The van der Waals surface area contributed by atoms with Crippen LogP contribution in [-0.4, -0.2) is 28.9 Å². The second-order valence-corrected chi connectivity index (χ2v) is 5.04. The summed E-state index contributed by atoms with van der Waals surface area (Å²) >= 11 is 0. The van der Waals surface area contributed by atoms with E-state index in [4.69, 9.17) is 5.73 Å². The van der Waals surface area contributed by atoms with Crippen LogP contribution in [0.2, 0.25) is 0 Å². The van der Waals surface area contributed by atoms with Crippen LogP contribution in [0.3, 0.4) is 0 Å². The van der Waals surface area contributed by atoms with Crippen molar-refractivity contribution in [3.05, 3.63) is 23.5 Å². The van der Waals surface area contributed by atoms with E-state index in [2.05, 4.69) is 4.98 Å². The number of nitrogens with zero attached hydrogens (tertiary/aromatic N) is 2. The SMILES string of the molecule is CCN(CC1CCC1)C(=O)c1cc(N)cnc1C. The second-order valence-electron chi connectivity index (χ2n) is 5.04. The fourth-order valence-electron chi connectivity index (χ4n) is 2.28. The Morgan fingerprint density at radius 2 is 2.28 bits per heavy atom.